The number of benzene rings is 1. The summed E-state index contributed by atoms with van der Waals surface area (Å²) in [4.78, 5) is 2.36. The first-order valence-corrected chi connectivity index (χ1v) is 7.23. The number of hydrogen-bond acceptors (Lipinski definition) is 3. The van der Waals surface area contributed by atoms with Gasteiger partial charge < -0.3 is 15.0 Å². The van der Waals surface area contributed by atoms with Crippen LogP contribution in [-0.4, -0.2) is 44.3 Å². The first kappa shape index (κ1) is 16.2. The molecule has 1 aromatic rings. The third kappa shape index (κ3) is 8.76. The maximum atomic E-state index is 5.48. The molecular formula is C16H28N2O. The van der Waals surface area contributed by atoms with E-state index in [0.717, 1.165) is 32.8 Å². The van der Waals surface area contributed by atoms with Gasteiger partial charge in [0.2, 0.25) is 0 Å². The fourth-order valence-corrected chi connectivity index (χ4v) is 1.94. The summed E-state index contributed by atoms with van der Waals surface area (Å²) in [6.45, 7) is 9.08. The van der Waals surface area contributed by atoms with Crippen LogP contribution in [-0.2, 0) is 11.3 Å². The second kappa shape index (κ2) is 9.96. The Kier molecular flexibility index (Phi) is 8.47. The molecule has 108 valence electrons. The molecule has 0 aliphatic heterocycles. The number of ether oxygens (including phenoxy) is 1. The standard InChI is InChI=1S/C16H28N2O/c1-15(2)19-13-11-17-10-7-12-18(3)14-16-8-5-4-6-9-16/h4-6,8-9,15,17H,7,10-14H2,1-3H3. The molecule has 0 radical (unpaired) electrons. The van der Waals surface area contributed by atoms with Crippen molar-refractivity contribution in [1.82, 2.24) is 10.2 Å². The predicted octanol–water partition coefficient (Wildman–Crippen LogP) is 2.52. The molecule has 0 fully saturated rings. The van der Waals surface area contributed by atoms with Crippen LogP contribution in [0, 0.1) is 0 Å². The number of rotatable bonds is 10. The molecular weight excluding hydrogens is 236 g/mol. The summed E-state index contributed by atoms with van der Waals surface area (Å²) in [6, 6.07) is 10.6. The van der Waals surface area contributed by atoms with Crippen LogP contribution in [0.1, 0.15) is 25.8 Å². The Bertz CT molecular complexity index is 314. The van der Waals surface area contributed by atoms with Crippen LogP contribution >= 0.6 is 0 Å². The molecule has 19 heavy (non-hydrogen) atoms. The average Bonchev–Trinajstić information content (AvgIpc) is 2.38. The van der Waals surface area contributed by atoms with Crippen molar-refractivity contribution >= 4 is 0 Å². The fourth-order valence-electron chi connectivity index (χ4n) is 1.94. The highest BCUT2D eigenvalue weighted by molar-refractivity contribution is 5.14. The van der Waals surface area contributed by atoms with Crippen LogP contribution < -0.4 is 5.32 Å². The highest BCUT2D eigenvalue weighted by Gasteiger charge is 1.99. The first-order chi connectivity index (χ1) is 9.18. The summed E-state index contributed by atoms with van der Waals surface area (Å²) in [5, 5.41) is 3.41. The lowest BCUT2D eigenvalue weighted by molar-refractivity contribution is 0.0808. The van der Waals surface area contributed by atoms with Crippen LogP contribution in [0.5, 0.6) is 0 Å². The molecule has 1 aromatic carbocycles. The Labute approximate surface area is 118 Å². The van der Waals surface area contributed by atoms with E-state index >= 15 is 0 Å². The highest BCUT2D eigenvalue weighted by atomic mass is 16.5. The largest absolute Gasteiger partial charge is 0.377 e. The van der Waals surface area contributed by atoms with E-state index in [0.29, 0.717) is 6.10 Å². The van der Waals surface area contributed by atoms with Crippen molar-refractivity contribution in [2.75, 3.05) is 33.3 Å². The first-order valence-electron chi connectivity index (χ1n) is 7.23. The molecule has 3 nitrogen and oxygen atoms in total. The topological polar surface area (TPSA) is 24.5 Å². The fraction of sp³-hybridized carbons (Fsp3) is 0.625. The van der Waals surface area contributed by atoms with Gasteiger partial charge in [-0.15, -0.1) is 0 Å². The van der Waals surface area contributed by atoms with E-state index in [1.807, 2.05) is 0 Å². The van der Waals surface area contributed by atoms with Crippen LogP contribution in [0.4, 0.5) is 0 Å². The summed E-state index contributed by atoms with van der Waals surface area (Å²) in [7, 11) is 2.18. The number of nitrogens with zero attached hydrogens (tertiary/aromatic N) is 1. The summed E-state index contributed by atoms with van der Waals surface area (Å²) in [5.41, 5.74) is 1.38. The minimum absolute atomic E-state index is 0.332. The van der Waals surface area contributed by atoms with Gasteiger partial charge in [0, 0.05) is 13.1 Å². The Hall–Kier alpha value is -0.900. The summed E-state index contributed by atoms with van der Waals surface area (Å²) >= 11 is 0. The number of nitrogens with one attached hydrogen (secondary N) is 1. The van der Waals surface area contributed by atoms with Crippen molar-refractivity contribution in [3.63, 3.8) is 0 Å². The zero-order valence-electron chi connectivity index (χ0n) is 12.6. The second-order valence-corrected chi connectivity index (χ2v) is 5.25. The smallest absolute Gasteiger partial charge is 0.0594 e. The van der Waals surface area contributed by atoms with Gasteiger partial charge in [0.05, 0.1) is 12.7 Å². The van der Waals surface area contributed by atoms with Gasteiger partial charge in [-0.3, -0.25) is 0 Å². The van der Waals surface area contributed by atoms with E-state index in [2.05, 4.69) is 61.4 Å². The van der Waals surface area contributed by atoms with Crippen LogP contribution in [0.3, 0.4) is 0 Å². The molecule has 0 aliphatic rings. The Balaban J connectivity index is 1.97. The van der Waals surface area contributed by atoms with E-state index in [9.17, 15) is 0 Å². The van der Waals surface area contributed by atoms with Crippen molar-refractivity contribution in [1.29, 1.82) is 0 Å². The molecule has 1 rings (SSSR count). The number of hydrogen-bond donors (Lipinski definition) is 1. The van der Waals surface area contributed by atoms with Crippen molar-refractivity contribution in [2.24, 2.45) is 0 Å². The van der Waals surface area contributed by atoms with Crippen LogP contribution in [0.15, 0.2) is 30.3 Å². The van der Waals surface area contributed by atoms with Crippen LogP contribution in [0.2, 0.25) is 0 Å². The van der Waals surface area contributed by atoms with Crippen molar-refractivity contribution in [3.8, 4) is 0 Å². The molecule has 0 heterocycles. The summed E-state index contributed by atoms with van der Waals surface area (Å²) in [6.07, 6.45) is 1.50. The highest BCUT2D eigenvalue weighted by Crippen LogP contribution is 2.02. The third-order valence-corrected chi connectivity index (χ3v) is 2.92. The van der Waals surface area contributed by atoms with Gasteiger partial charge in [-0.25, -0.2) is 0 Å². The lowest BCUT2D eigenvalue weighted by Crippen LogP contribution is -2.26. The van der Waals surface area contributed by atoms with E-state index < -0.39 is 0 Å². The molecule has 1 N–H and O–H groups in total. The van der Waals surface area contributed by atoms with Crippen molar-refractivity contribution < 1.29 is 4.74 Å². The normalized spacial score (nSPS) is 11.4. The predicted molar refractivity (Wildman–Crippen MR) is 81.4 cm³/mol. The monoisotopic (exact) mass is 264 g/mol. The van der Waals surface area contributed by atoms with Gasteiger partial charge in [0.25, 0.3) is 0 Å². The molecule has 0 aromatic heterocycles. The molecule has 0 amide bonds. The van der Waals surface area contributed by atoms with Gasteiger partial charge >= 0.3 is 0 Å². The quantitative estimate of drug-likeness (QED) is 0.657. The average molecular weight is 264 g/mol. The Morgan fingerprint density at radius 2 is 1.89 bits per heavy atom. The molecule has 0 saturated heterocycles. The zero-order chi connectivity index (χ0) is 13.9. The van der Waals surface area contributed by atoms with Crippen molar-refractivity contribution in [2.45, 2.75) is 32.9 Å². The van der Waals surface area contributed by atoms with E-state index in [1.54, 1.807) is 0 Å². The Morgan fingerprint density at radius 3 is 2.58 bits per heavy atom. The molecule has 0 atom stereocenters. The maximum absolute atomic E-state index is 5.48. The molecule has 0 aliphatic carbocycles. The Morgan fingerprint density at radius 1 is 1.16 bits per heavy atom. The van der Waals surface area contributed by atoms with Gasteiger partial charge in [0.1, 0.15) is 0 Å². The minimum atomic E-state index is 0.332. The van der Waals surface area contributed by atoms with E-state index in [4.69, 9.17) is 4.74 Å². The van der Waals surface area contributed by atoms with Gasteiger partial charge in [-0.05, 0) is 46.0 Å². The van der Waals surface area contributed by atoms with Crippen LogP contribution in [0.25, 0.3) is 0 Å². The maximum Gasteiger partial charge on any atom is 0.0594 e. The van der Waals surface area contributed by atoms with E-state index in [1.165, 1.54) is 12.0 Å². The van der Waals surface area contributed by atoms with Gasteiger partial charge in [-0.2, -0.15) is 0 Å². The third-order valence-electron chi connectivity index (χ3n) is 2.92. The summed E-state index contributed by atoms with van der Waals surface area (Å²) in [5.74, 6) is 0. The zero-order valence-corrected chi connectivity index (χ0v) is 12.6. The van der Waals surface area contributed by atoms with Gasteiger partial charge in [0.15, 0.2) is 0 Å². The second-order valence-electron chi connectivity index (χ2n) is 5.25. The summed E-state index contributed by atoms with van der Waals surface area (Å²) < 4.78 is 5.48. The molecule has 3 heteroatoms. The lowest BCUT2D eigenvalue weighted by atomic mass is 10.2. The lowest BCUT2D eigenvalue weighted by Gasteiger charge is -2.16. The minimum Gasteiger partial charge on any atom is -0.377 e. The molecule has 0 saturated carbocycles. The van der Waals surface area contributed by atoms with Crippen molar-refractivity contribution in [3.05, 3.63) is 35.9 Å². The molecule has 0 unspecified atom stereocenters. The molecule has 0 spiro atoms. The van der Waals surface area contributed by atoms with Gasteiger partial charge in [-0.1, -0.05) is 30.3 Å². The molecule has 0 bridgehead atoms. The SMILES string of the molecule is CC(C)OCCNCCCN(C)Cc1ccccc1. The van der Waals surface area contributed by atoms with E-state index in [-0.39, 0.29) is 0 Å².